The summed E-state index contributed by atoms with van der Waals surface area (Å²) in [6, 6.07) is 2.82. The number of nitrogens with zero attached hydrogens (tertiary/aromatic N) is 4. The van der Waals surface area contributed by atoms with Gasteiger partial charge in [0.1, 0.15) is 5.69 Å². The van der Waals surface area contributed by atoms with E-state index in [4.69, 9.17) is 0 Å². The van der Waals surface area contributed by atoms with Crippen LogP contribution in [-0.4, -0.2) is 68.9 Å². The van der Waals surface area contributed by atoms with Crippen LogP contribution < -0.4 is 5.56 Å². The summed E-state index contributed by atoms with van der Waals surface area (Å²) in [5.41, 5.74) is -0.680. The van der Waals surface area contributed by atoms with Crippen LogP contribution in [0.1, 0.15) is 24.3 Å². The predicted octanol–water partition coefficient (Wildman–Crippen LogP) is -0.691. The minimum Gasteiger partial charge on any atom is -0.389 e. The van der Waals surface area contributed by atoms with Crippen molar-refractivity contribution in [1.82, 2.24) is 19.6 Å². The van der Waals surface area contributed by atoms with Gasteiger partial charge in [-0.1, -0.05) is 0 Å². The Hall–Kier alpha value is -1.73. The van der Waals surface area contributed by atoms with Gasteiger partial charge in [-0.3, -0.25) is 14.5 Å². The van der Waals surface area contributed by atoms with Gasteiger partial charge in [0.2, 0.25) is 0 Å². The van der Waals surface area contributed by atoms with Gasteiger partial charge in [-0.05, 0) is 19.9 Å². The smallest absolute Gasteiger partial charge is 0.274 e. The Balaban J connectivity index is 1.97. The fourth-order valence-electron chi connectivity index (χ4n) is 2.43. The van der Waals surface area contributed by atoms with Crippen molar-refractivity contribution < 1.29 is 9.90 Å². The highest BCUT2D eigenvalue weighted by Gasteiger charge is 2.26. The monoisotopic (exact) mass is 294 g/mol. The van der Waals surface area contributed by atoms with E-state index in [9.17, 15) is 14.7 Å². The Morgan fingerprint density at radius 3 is 2.43 bits per heavy atom. The molecule has 7 nitrogen and oxygen atoms in total. The Morgan fingerprint density at radius 1 is 1.29 bits per heavy atom. The van der Waals surface area contributed by atoms with Crippen LogP contribution in [0.3, 0.4) is 0 Å². The second-order valence-corrected chi connectivity index (χ2v) is 6.06. The van der Waals surface area contributed by atoms with Crippen molar-refractivity contribution in [2.45, 2.75) is 19.4 Å². The van der Waals surface area contributed by atoms with Crippen LogP contribution in [-0.2, 0) is 7.05 Å². The molecule has 1 N–H and O–H groups in total. The van der Waals surface area contributed by atoms with E-state index < -0.39 is 5.60 Å². The van der Waals surface area contributed by atoms with Crippen molar-refractivity contribution in [1.29, 1.82) is 0 Å². The van der Waals surface area contributed by atoms with Gasteiger partial charge in [0.25, 0.3) is 11.5 Å². The predicted molar refractivity (Wildman–Crippen MR) is 78.1 cm³/mol. The number of carbonyl (C=O) groups excluding carboxylic acids is 1. The molecule has 1 aliphatic rings. The number of hydrogen-bond acceptors (Lipinski definition) is 5. The molecule has 1 fully saturated rings. The summed E-state index contributed by atoms with van der Waals surface area (Å²) in [6.45, 7) is 6.78. The Kier molecular flexibility index (Phi) is 4.43. The number of carbonyl (C=O) groups is 1. The molecule has 2 rings (SSSR count). The van der Waals surface area contributed by atoms with Crippen molar-refractivity contribution in [2.24, 2.45) is 7.05 Å². The first kappa shape index (κ1) is 15.7. The highest BCUT2D eigenvalue weighted by atomic mass is 16.3. The van der Waals surface area contributed by atoms with E-state index in [1.807, 2.05) is 0 Å². The third-order valence-electron chi connectivity index (χ3n) is 3.45. The standard InChI is InChI=1S/C14H22N4O3/c1-14(2,21)10-17-6-8-18(9-7-17)13(20)11-4-5-12(19)16(3)15-11/h4-5,21H,6-10H2,1-3H3. The van der Waals surface area contributed by atoms with Crippen molar-refractivity contribution >= 4 is 5.91 Å². The highest BCUT2D eigenvalue weighted by molar-refractivity contribution is 5.92. The van der Waals surface area contributed by atoms with E-state index in [1.165, 1.54) is 19.2 Å². The van der Waals surface area contributed by atoms with Crippen LogP contribution >= 0.6 is 0 Å². The Morgan fingerprint density at radius 2 is 1.90 bits per heavy atom. The topological polar surface area (TPSA) is 78.7 Å². The van der Waals surface area contributed by atoms with Crippen molar-refractivity contribution in [2.75, 3.05) is 32.7 Å². The molecular weight excluding hydrogens is 272 g/mol. The molecule has 0 unspecified atom stereocenters. The summed E-state index contributed by atoms with van der Waals surface area (Å²) in [4.78, 5) is 27.5. The molecule has 1 aromatic heterocycles. The van der Waals surface area contributed by atoms with Gasteiger partial charge in [-0.25, -0.2) is 4.68 Å². The lowest BCUT2D eigenvalue weighted by Gasteiger charge is -2.37. The van der Waals surface area contributed by atoms with Gasteiger partial charge in [-0.2, -0.15) is 5.10 Å². The fraction of sp³-hybridized carbons (Fsp3) is 0.643. The van der Waals surface area contributed by atoms with Gasteiger partial charge >= 0.3 is 0 Å². The van der Waals surface area contributed by atoms with E-state index in [1.54, 1.807) is 18.7 Å². The summed E-state index contributed by atoms with van der Waals surface area (Å²) in [5.74, 6) is -0.159. The zero-order valence-corrected chi connectivity index (χ0v) is 12.7. The third kappa shape index (κ3) is 4.12. The normalized spacial score (nSPS) is 17.0. The quantitative estimate of drug-likeness (QED) is 0.798. The summed E-state index contributed by atoms with van der Waals surface area (Å²) in [5, 5.41) is 13.8. The number of amides is 1. The van der Waals surface area contributed by atoms with Gasteiger partial charge in [0.15, 0.2) is 0 Å². The second kappa shape index (κ2) is 5.95. The number of rotatable bonds is 3. The number of β-amino-alcohol motifs (C(OH)–C–C–N with tert-alkyl or cyclic N) is 1. The van der Waals surface area contributed by atoms with Crippen LogP contribution in [0.2, 0.25) is 0 Å². The first-order valence-electron chi connectivity index (χ1n) is 7.05. The van der Waals surface area contributed by atoms with Crippen LogP contribution in [0.15, 0.2) is 16.9 Å². The summed E-state index contributed by atoms with van der Waals surface area (Å²) in [7, 11) is 1.53. The van der Waals surface area contributed by atoms with Gasteiger partial charge in [0, 0.05) is 45.8 Å². The average Bonchev–Trinajstić information content (AvgIpc) is 2.40. The lowest BCUT2D eigenvalue weighted by atomic mass is 10.1. The molecule has 1 aliphatic heterocycles. The van der Waals surface area contributed by atoms with Gasteiger partial charge < -0.3 is 10.0 Å². The molecule has 1 aromatic rings. The SMILES string of the molecule is Cn1nc(C(=O)N2CCN(CC(C)(C)O)CC2)ccc1=O. The third-order valence-corrected chi connectivity index (χ3v) is 3.45. The second-order valence-electron chi connectivity index (χ2n) is 6.06. The summed E-state index contributed by atoms with van der Waals surface area (Å²) < 4.78 is 1.16. The largest absolute Gasteiger partial charge is 0.389 e. The lowest BCUT2D eigenvalue weighted by molar-refractivity contribution is 0.0177. The van der Waals surface area contributed by atoms with Crippen LogP contribution in [0, 0.1) is 0 Å². The van der Waals surface area contributed by atoms with E-state index in [2.05, 4.69) is 10.00 Å². The number of hydrogen-bond donors (Lipinski definition) is 1. The average molecular weight is 294 g/mol. The molecule has 0 aliphatic carbocycles. The van der Waals surface area contributed by atoms with E-state index in [0.717, 1.165) is 17.8 Å². The molecule has 0 atom stereocenters. The molecule has 0 saturated carbocycles. The van der Waals surface area contributed by atoms with E-state index >= 15 is 0 Å². The minimum atomic E-state index is -0.731. The first-order chi connectivity index (χ1) is 9.76. The molecule has 1 amide bonds. The Bertz CT molecular complexity index is 568. The summed E-state index contributed by atoms with van der Waals surface area (Å²) >= 11 is 0. The van der Waals surface area contributed by atoms with Crippen LogP contribution in [0.5, 0.6) is 0 Å². The number of aromatic nitrogens is 2. The molecule has 0 radical (unpaired) electrons. The van der Waals surface area contributed by atoms with E-state index in [-0.39, 0.29) is 17.2 Å². The van der Waals surface area contributed by atoms with Gasteiger partial charge in [0.05, 0.1) is 5.60 Å². The Labute approximate surface area is 123 Å². The summed E-state index contributed by atoms with van der Waals surface area (Å²) in [6.07, 6.45) is 0. The molecule has 0 bridgehead atoms. The number of aryl methyl sites for hydroxylation is 1. The molecule has 0 spiro atoms. The molecule has 2 heterocycles. The lowest BCUT2D eigenvalue weighted by Crippen LogP contribution is -2.52. The molecule has 7 heteroatoms. The van der Waals surface area contributed by atoms with Crippen molar-refractivity contribution in [3.8, 4) is 0 Å². The molecule has 0 aromatic carbocycles. The zero-order chi connectivity index (χ0) is 15.6. The highest BCUT2D eigenvalue weighted by Crippen LogP contribution is 2.10. The van der Waals surface area contributed by atoms with Crippen molar-refractivity contribution in [3.05, 3.63) is 28.2 Å². The maximum absolute atomic E-state index is 12.3. The van der Waals surface area contributed by atoms with Crippen LogP contribution in [0.25, 0.3) is 0 Å². The molecule has 116 valence electrons. The molecule has 21 heavy (non-hydrogen) atoms. The molecular formula is C14H22N4O3. The molecule has 1 saturated heterocycles. The first-order valence-corrected chi connectivity index (χ1v) is 7.05. The fourth-order valence-corrected chi connectivity index (χ4v) is 2.43. The maximum Gasteiger partial charge on any atom is 0.274 e. The van der Waals surface area contributed by atoms with Crippen molar-refractivity contribution in [3.63, 3.8) is 0 Å². The zero-order valence-electron chi connectivity index (χ0n) is 12.7. The minimum absolute atomic E-state index is 0.159. The van der Waals surface area contributed by atoms with Crippen LogP contribution in [0.4, 0.5) is 0 Å². The maximum atomic E-state index is 12.3. The van der Waals surface area contributed by atoms with E-state index in [0.29, 0.717) is 19.6 Å². The number of aliphatic hydroxyl groups is 1. The van der Waals surface area contributed by atoms with Gasteiger partial charge in [-0.15, -0.1) is 0 Å². The number of piperazine rings is 1.